The molecule has 0 fully saturated rings. The fourth-order valence-electron chi connectivity index (χ4n) is 1.39. The summed E-state index contributed by atoms with van der Waals surface area (Å²) in [5.41, 5.74) is 0.750. The van der Waals surface area contributed by atoms with E-state index in [0.29, 0.717) is 17.7 Å². The Morgan fingerprint density at radius 3 is 2.88 bits per heavy atom. The first-order valence-electron chi connectivity index (χ1n) is 5.23. The third kappa shape index (κ3) is 4.11. The lowest BCUT2D eigenvalue weighted by molar-refractivity contribution is 0.128. The van der Waals surface area contributed by atoms with E-state index in [1.54, 1.807) is 12.1 Å². The number of hydrogen-bond acceptors (Lipinski definition) is 4. The largest absolute Gasteiger partial charge is 0.395 e. The quantitative estimate of drug-likeness (QED) is 0.769. The summed E-state index contributed by atoms with van der Waals surface area (Å²) in [4.78, 5) is 0. The van der Waals surface area contributed by atoms with Crippen molar-refractivity contribution >= 4 is 0 Å². The molecule has 1 atom stereocenters. The van der Waals surface area contributed by atoms with Crippen LogP contribution in [0.15, 0.2) is 18.2 Å². The van der Waals surface area contributed by atoms with Crippen molar-refractivity contribution in [1.82, 2.24) is 5.32 Å². The van der Waals surface area contributed by atoms with Crippen LogP contribution in [0.1, 0.15) is 11.1 Å². The first-order chi connectivity index (χ1) is 8.21. The molecule has 0 spiro atoms. The van der Waals surface area contributed by atoms with Gasteiger partial charge in [-0.25, -0.2) is 4.39 Å². The van der Waals surface area contributed by atoms with Crippen LogP contribution in [0.4, 0.5) is 4.39 Å². The van der Waals surface area contributed by atoms with Gasteiger partial charge in [0.25, 0.3) is 0 Å². The van der Waals surface area contributed by atoms with Crippen LogP contribution in [0, 0.1) is 17.1 Å². The minimum Gasteiger partial charge on any atom is -0.395 e. The topological polar surface area (TPSA) is 65.3 Å². The maximum absolute atomic E-state index is 13.5. The number of rotatable bonds is 6. The SMILES string of the molecule is COCC(CO)NCc1ccc(C#N)cc1F. The lowest BCUT2D eigenvalue weighted by Crippen LogP contribution is -2.36. The van der Waals surface area contributed by atoms with E-state index in [9.17, 15) is 4.39 Å². The van der Waals surface area contributed by atoms with Crippen molar-refractivity contribution in [3.05, 3.63) is 35.1 Å². The molecule has 0 aromatic heterocycles. The summed E-state index contributed by atoms with van der Waals surface area (Å²) in [5.74, 6) is -0.425. The molecule has 5 heteroatoms. The van der Waals surface area contributed by atoms with Gasteiger partial charge < -0.3 is 15.2 Å². The highest BCUT2D eigenvalue weighted by molar-refractivity contribution is 5.32. The molecule has 0 aliphatic carbocycles. The molecule has 0 radical (unpaired) electrons. The number of methoxy groups -OCH3 is 1. The van der Waals surface area contributed by atoms with Gasteiger partial charge in [0.2, 0.25) is 0 Å². The summed E-state index contributed by atoms with van der Waals surface area (Å²) in [6.07, 6.45) is 0. The number of nitriles is 1. The molecule has 1 rings (SSSR count). The van der Waals surface area contributed by atoms with E-state index < -0.39 is 5.82 Å². The smallest absolute Gasteiger partial charge is 0.129 e. The zero-order valence-corrected chi connectivity index (χ0v) is 9.61. The first kappa shape index (κ1) is 13.6. The van der Waals surface area contributed by atoms with Crippen LogP contribution < -0.4 is 5.32 Å². The average molecular weight is 238 g/mol. The van der Waals surface area contributed by atoms with Crippen LogP contribution in [0.2, 0.25) is 0 Å². The van der Waals surface area contributed by atoms with E-state index >= 15 is 0 Å². The summed E-state index contributed by atoms with van der Waals surface area (Å²) in [6, 6.07) is 5.96. The minimum atomic E-state index is -0.425. The maximum Gasteiger partial charge on any atom is 0.129 e. The molecule has 0 saturated carbocycles. The Morgan fingerprint density at radius 2 is 2.35 bits per heavy atom. The zero-order valence-electron chi connectivity index (χ0n) is 9.61. The number of hydrogen-bond donors (Lipinski definition) is 2. The normalized spacial score (nSPS) is 12.1. The standard InChI is InChI=1S/C12H15FN2O2/c1-17-8-11(7-16)15-6-10-3-2-9(5-14)4-12(10)13/h2-4,11,15-16H,6-8H2,1H3. The average Bonchev–Trinajstić information content (AvgIpc) is 2.35. The summed E-state index contributed by atoms with van der Waals surface area (Å²) in [5, 5.41) is 20.6. The van der Waals surface area contributed by atoms with Gasteiger partial charge >= 0.3 is 0 Å². The fraction of sp³-hybridized carbons (Fsp3) is 0.417. The van der Waals surface area contributed by atoms with Gasteiger partial charge in [-0.1, -0.05) is 6.07 Å². The third-order valence-electron chi connectivity index (χ3n) is 2.35. The molecule has 0 saturated heterocycles. The fourth-order valence-corrected chi connectivity index (χ4v) is 1.39. The number of nitrogens with zero attached hydrogens (tertiary/aromatic N) is 1. The van der Waals surface area contributed by atoms with Crippen molar-refractivity contribution in [2.24, 2.45) is 0 Å². The van der Waals surface area contributed by atoms with E-state index in [4.69, 9.17) is 15.1 Å². The first-order valence-corrected chi connectivity index (χ1v) is 5.23. The van der Waals surface area contributed by atoms with Gasteiger partial charge in [-0.2, -0.15) is 5.26 Å². The molecule has 1 aromatic carbocycles. The predicted molar refractivity (Wildman–Crippen MR) is 60.7 cm³/mol. The highest BCUT2D eigenvalue weighted by Gasteiger charge is 2.08. The van der Waals surface area contributed by atoms with Crippen molar-refractivity contribution in [3.63, 3.8) is 0 Å². The second-order valence-electron chi connectivity index (χ2n) is 3.63. The zero-order chi connectivity index (χ0) is 12.7. The molecule has 0 bridgehead atoms. The van der Waals surface area contributed by atoms with E-state index in [2.05, 4.69) is 5.32 Å². The lowest BCUT2D eigenvalue weighted by Gasteiger charge is -2.15. The van der Waals surface area contributed by atoms with Gasteiger partial charge in [0.15, 0.2) is 0 Å². The van der Waals surface area contributed by atoms with Crippen LogP contribution in [-0.4, -0.2) is 31.5 Å². The Bertz CT molecular complexity index is 404. The van der Waals surface area contributed by atoms with Gasteiger partial charge in [-0.05, 0) is 12.1 Å². The summed E-state index contributed by atoms with van der Waals surface area (Å²) in [7, 11) is 1.53. The Balaban J connectivity index is 2.60. The minimum absolute atomic E-state index is 0.0776. The second kappa shape index (κ2) is 6.97. The predicted octanol–water partition coefficient (Wildman–Crippen LogP) is 0.794. The van der Waals surface area contributed by atoms with Crippen molar-refractivity contribution in [3.8, 4) is 6.07 Å². The Morgan fingerprint density at radius 1 is 1.59 bits per heavy atom. The van der Waals surface area contributed by atoms with Crippen molar-refractivity contribution in [1.29, 1.82) is 5.26 Å². The summed E-state index contributed by atoms with van der Waals surface area (Å²) >= 11 is 0. The molecule has 2 N–H and O–H groups in total. The van der Waals surface area contributed by atoms with Crippen molar-refractivity contribution in [2.45, 2.75) is 12.6 Å². The molecule has 4 nitrogen and oxygen atoms in total. The molecule has 1 aromatic rings. The summed E-state index contributed by atoms with van der Waals surface area (Å²) < 4.78 is 18.4. The Labute approximate surface area is 99.6 Å². The van der Waals surface area contributed by atoms with Crippen LogP contribution in [0.3, 0.4) is 0 Å². The number of benzene rings is 1. The van der Waals surface area contributed by atoms with E-state index in [-0.39, 0.29) is 19.2 Å². The molecular weight excluding hydrogens is 223 g/mol. The van der Waals surface area contributed by atoms with E-state index in [1.807, 2.05) is 6.07 Å². The molecule has 17 heavy (non-hydrogen) atoms. The number of nitrogens with one attached hydrogen (secondary N) is 1. The molecule has 92 valence electrons. The lowest BCUT2D eigenvalue weighted by atomic mass is 10.1. The van der Waals surface area contributed by atoms with Gasteiger partial charge in [0.1, 0.15) is 5.82 Å². The second-order valence-corrected chi connectivity index (χ2v) is 3.63. The highest BCUT2D eigenvalue weighted by atomic mass is 19.1. The van der Waals surface area contributed by atoms with Gasteiger partial charge in [-0.15, -0.1) is 0 Å². The molecule has 0 aliphatic heterocycles. The molecule has 0 amide bonds. The van der Waals surface area contributed by atoms with Gasteiger partial charge in [0, 0.05) is 19.2 Å². The monoisotopic (exact) mass is 238 g/mol. The Kier molecular flexibility index (Phi) is 5.57. The molecule has 0 aliphatic rings. The van der Waals surface area contributed by atoms with E-state index in [0.717, 1.165) is 0 Å². The van der Waals surface area contributed by atoms with Crippen LogP contribution in [0.5, 0.6) is 0 Å². The van der Waals surface area contributed by atoms with Crippen molar-refractivity contribution in [2.75, 3.05) is 20.3 Å². The molecular formula is C12H15FN2O2. The number of ether oxygens (including phenoxy) is 1. The molecule has 0 heterocycles. The van der Waals surface area contributed by atoms with Crippen LogP contribution >= 0.6 is 0 Å². The Hall–Kier alpha value is -1.48. The van der Waals surface area contributed by atoms with Gasteiger partial charge in [-0.3, -0.25) is 0 Å². The summed E-state index contributed by atoms with van der Waals surface area (Å²) in [6.45, 7) is 0.562. The van der Waals surface area contributed by atoms with Crippen molar-refractivity contribution < 1.29 is 14.2 Å². The van der Waals surface area contributed by atoms with Crippen LogP contribution in [0.25, 0.3) is 0 Å². The highest BCUT2D eigenvalue weighted by Crippen LogP contribution is 2.09. The number of aliphatic hydroxyl groups is 1. The van der Waals surface area contributed by atoms with E-state index in [1.165, 1.54) is 13.2 Å². The number of aliphatic hydroxyl groups excluding tert-OH is 1. The van der Waals surface area contributed by atoms with Gasteiger partial charge in [0.05, 0.1) is 30.9 Å². The number of halogens is 1. The van der Waals surface area contributed by atoms with Crippen LogP contribution in [-0.2, 0) is 11.3 Å². The third-order valence-corrected chi connectivity index (χ3v) is 2.35. The maximum atomic E-state index is 13.5. The molecule has 1 unspecified atom stereocenters.